The fourth-order valence-electron chi connectivity index (χ4n) is 3.30. The van der Waals surface area contributed by atoms with Gasteiger partial charge in [-0.25, -0.2) is 0 Å². The molecular weight excluding hydrogens is 340 g/mol. The van der Waals surface area contributed by atoms with Crippen molar-refractivity contribution in [3.63, 3.8) is 0 Å². The molecule has 0 aliphatic carbocycles. The van der Waals surface area contributed by atoms with E-state index >= 15 is 0 Å². The van der Waals surface area contributed by atoms with E-state index in [0.29, 0.717) is 22.3 Å². The van der Waals surface area contributed by atoms with Crippen LogP contribution >= 0.6 is 0 Å². The topological polar surface area (TPSA) is 82.6 Å². The molecule has 0 fully saturated rings. The number of carbonyl (C=O) groups excluding carboxylic acids is 1. The first-order valence-corrected chi connectivity index (χ1v) is 8.36. The van der Waals surface area contributed by atoms with Gasteiger partial charge in [0.2, 0.25) is 0 Å². The van der Waals surface area contributed by atoms with E-state index in [1.54, 1.807) is 36.4 Å². The highest BCUT2D eigenvalue weighted by Gasteiger charge is 2.17. The van der Waals surface area contributed by atoms with Crippen molar-refractivity contribution in [2.75, 3.05) is 0 Å². The number of rotatable bonds is 4. The number of nitriles is 1. The number of hydrogen-bond donors (Lipinski definition) is 1. The lowest BCUT2D eigenvalue weighted by Crippen LogP contribution is -2.06. The third-order valence-corrected chi connectivity index (χ3v) is 4.54. The molecular formula is C22H14N2O3. The second-order valence-electron chi connectivity index (χ2n) is 6.31. The molecule has 4 aromatic rings. The first-order valence-electron chi connectivity index (χ1n) is 8.36. The summed E-state index contributed by atoms with van der Waals surface area (Å²) in [5.74, 6) is -1.13. The number of carbonyl (C=O) groups is 2. The van der Waals surface area contributed by atoms with E-state index in [1.165, 1.54) is 0 Å². The van der Waals surface area contributed by atoms with Gasteiger partial charge in [0.1, 0.15) is 0 Å². The molecule has 0 amide bonds. The Labute approximate surface area is 154 Å². The third kappa shape index (κ3) is 2.94. The van der Waals surface area contributed by atoms with Crippen LogP contribution < -0.4 is 0 Å². The zero-order valence-corrected chi connectivity index (χ0v) is 14.2. The van der Waals surface area contributed by atoms with Gasteiger partial charge in [-0.05, 0) is 35.9 Å². The van der Waals surface area contributed by atoms with Gasteiger partial charge in [-0.2, -0.15) is 5.26 Å². The van der Waals surface area contributed by atoms with E-state index < -0.39 is 5.97 Å². The molecule has 2 aromatic heterocycles. The van der Waals surface area contributed by atoms with Crippen LogP contribution in [0, 0.1) is 11.3 Å². The monoisotopic (exact) mass is 354 g/mol. The third-order valence-electron chi connectivity index (χ3n) is 4.54. The molecule has 0 saturated carbocycles. The van der Waals surface area contributed by atoms with Crippen LogP contribution in [0.1, 0.15) is 27.0 Å². The molecule has 4 rings (SSSR count). The molecule has 130 valence electrons. The SMILES string of the molecule is N#Cc1cc(C(=O)c2ccc(CC(=O)O)cc2)c2c(ccc3cccn32)c1. The molecule has 0 spiro atoms. The van der Waals surface area contributed by atoms with Crippen LogP contribution in [0.4, 0.5) is 0 Å². The summed E-state index contributed by atoms with van der Waals surface area (Å²) in [4.78, 5) is 24.0. The van der Waals surface area contributed by atoms with Crippen LogP contribution in [0.5, 0.6) is 0 Å². The first kappa shape index (κ1) is 16.6. The van der Waals surface area contributed by atoms with E-state index in [4.69, 9.17) is 5.11 Å². The highest BCUT2D eigenvalue weighted by atomic mass is 16.4. The standard InChI is InChI=1S/C22H14N2O3/c23-13-15-10-17-7-8-18-2-1-9-24(18)21(17)19(11-15)22(27)16-5-3-14(4-6-16)12-20(25)26/h1-11H,12H2,(H,25,26). The number of hydrogen-bond acceptors (Lipinski definition) is 3. The molecule has 0 aliphatic rings. The summed E-state index contributed by atoms with van der Waals surface area (Å²) in [5.41, 5.74) is 3.64. The normalized spacial score (nSPS) is 10.8. The minimum atomic E-state index is -0.920. The van der Waals surface area contributed by atoms with Crippen molar-refractivity contribution in [2.45, 2.75) is 6.42 Å². The van der Waals surface area contributed by atoms with Crippen molar-refractivity contribution < 1.29 is 14.7 Å². The smallest absolute Gasteiger partial charge is 0.307 e. The van der Waals surface area contributed by atoms with E-state index in [-0.39, 0.29) is 12.2 Å². The van der Waals surface area contributed by atoms with E-state index in [1.807, 2.05) is 34.9 Å². The van der Waals surface area contributed by atoms with Gasteiger partial charge in [-0.15, -0.1) is 0 Å². The number of pyridine rings is 1. The summed E-state index contributed by atoms with van der Waals surface area (Å²) in [6.07, 6.45) is 1.79. The summed E-state index contributed by atoms with van der Waals surface area (Å²) < 4.78 is 1.93. The second-order valence-corrected chi connectivity index (χ2v) is 6.31. The highest BCUT2D eigenvalue weighted by molar-refractivity contribution is 6.16. The molecule has 0 saturated heterocycles. The molecule has 0 radical (unpaired) electrons. The Morgan fingerprint density at radius 2 is 1.81 bits per heavy atom. The van der Waals surface area contributed by atoms with E-state index in [9.17, 15) is 14.9 Å². The van der Waals surface area contributed by atoms with E-state index in [2.05, 4.69) is 6.07 Å². The zero-order chi connectivity index (χ0) is 19.0. The molecule has 1 N–H and O–H groups in total. The average molecular weight is 354 g/mol. The minimum absolute atomic E-state index is 0.0920. The lowest BCUT2D eigenvalue weighted by molar-refractivity contribution is -0.136. The first-order chi connectivity index (χ1) is 13.1. The lowest BCUT2D eigenvalue weighted by Gasteiger charge is -2.10. The number of carboxylic acid groups (broad SMARTS) is 1. The molecule has 5 heteroatoms. The van der Waals surface area contributed by atoms with Crippen molar-refractivity contribution in [1.82, 2.24) is 4.40 Å². The Balaban J connectivity index is 1.89. The summed E-state index contributed by atoms with van der Waals surface area (Å²) >= 11 is 0. The van der Waals surface area contributed by atoms with Crippen LogP contribution in [0.15, 0.2) is 66.9 Å². The maximum Gasteiger partial charge on any atom is 0.307 e. The highest BCUT2D eigenvalue weighted by Crippen LogP contribution is 2.26. The molecule has 0 bridgehead atoms. The van der Waals surface area contributed by atoms with Gasteiger partial charge >= 0.3 is 5.97 Å². The van der Waals surface area contributed by atoms with Crippen molar-refractivity contribution in [3.8, 4) is 6.07 Å². The Kier molecular flexibility index (Phi) is 3.94. The summed E-state index contributed by atoms with van der Waals surface area (Å²) in [7, 11) is 0. The van der Waals surface area contributed by atoms with Gasteiger partial charge in [0.25, 0.3) is 0 Å². The zero-order valence-electron chi connectivity index (χ0n) is 14.2. The van der Waals surface area contributed by atoms with Crippen molar-refractivity contribution in [2.24, 2.45) is 0 Å². The predicted octanol–water partition coefficient (Wildman–Crippen LogP) is 3.82. The Bertz CT molecular complexity index is 1240. The van der Waals surface area contributed by atoms with Crippen LogP contribution in [-0.2, 0) is 11.2 Å². The van der Waals surface area contributed by atoms with E-state index in [0.717, 1.165) is 16.4 Å². The average Bonchev–Trinajstić information content (AvgIpc) is 3.15. The summed E-state index contributed by atoms with van der Waals surface area (Å²) in [6, 6.07) is 19.7. The summed E-state index contributed by atoms with van der Waals surface area (Å²) in [5, 5.41) is 19.0. The fraction of sp³-hybridized carbons (Fsp3) is 0.0455. The molecule has 2 aromatic carbocycles. The van der Waals surface area contributed by atoms with Gasteiger partial charge in [0, 0.05) is 28.2 Å². The Hall–Kier alpha value is -3.91. The number of aliphatic carboxylic acids is 1. The number of fused-ring (bicyclic) bond motifs is 3. The molecule has 2 heterocycles. The van der Waals surface area contributed by atoms with Gasteiger partial charge < -0.3 is 9.51 Å². The van der Waals surface area contributed by atoms with Crippen LogP contribution in [0.3, 0.4) is 0 Å². The maximum absolute atomic E-state index is 13.2. The molecule has 5 nitrogen and oxygen atoms in total. The Morgan fingerprint density at radius 3 is 2.52 bits per heavy atom. The van der Waals surface area contributed by atoms with Crippen molar-refractivity contribution in [1.29, 1.82) is 5.26 Å². The minimum Gasteiger partial charge on any atom is -0.481 e. The van der Waals surface area contributed by atoms with Gasteiger partial charge in [0.15, 0.2) is 5.78 Å². The summed E-state index contributed by atoms with van der Waals surface area (Å²) in [6.45, 7) is 0. The largest absolute Gasteiger partial charge is 0.481 e. The number of nitrogens with zero attached hydrogens (tertiary/aromatic N) is 2. The molecule has 0 aliphatic heterocycles. The second kappa shape index (κ2) is 6.43. The Morgan fingerprint density at radius 1 is 1.04 bits per heavy atom. The van der Waals surface area contributed by atoms with Crippen molar-refractivity contribution >= 4 is 28.2 Å². The van der Waals surface area contributed by atoms with Crippen LogP contribution in [0.2, 0.25) is 0 Å². The lowest BCUT2D eigenvalue weighted by atomic mass is 9.97. The molecule has 0 atom stereocenters. The molecule has 27 heavy (non-hydrogen) atoms. The van der Waals surface area contributed by atoms with Gasteiger partial charge in [-0.3, -0.25) is 9.59 Å². The quantitative estimate of drug-likeness (QED) is 0.565. The van der Waals surface area contributed by atoms with Crippen LogP contribution in [0.25, 0.3) is 16.4 Å². The number of aromatic nitrogens is 1. The van der Waals surface area contributed by atoms with Gasteiger partial charge in [0.05, 0.1) is 23.6 Å². The van der Waals surface area contributed by atoms with Gasteiger partial charge in [-0.1, -0.05) is 30.3 Å². The fourth-order valence-corrected chi connectivity index (χ4v) is 3.30. The van der Waals surface area contributed by atoms with Crippen LogP contribution in [-0.4, -0.2) is 21.3 Å². The molecule has 0 unspecified atom stereocenters. The number of benzene rings is 2. The number of carboxylic acids is 1. The van der Waals surface area contributed by atoms with Crippen molar-refractivity contribution in [3.05, 3.63) is 89.1 Å². The number of ketones is 1. The predicted molar refractivity (Wildman–Crippen MR) is 101 cm³/mol. The maximum atomic E-state index is 13.2.